The van der Waals surface area contributed by atoms with Gasteiger partial charge in [0.1, 0.15) is 0 Å². The molecule has 1 aromatic heterocycles. The first-order valence-electron chi connectivity index (χ1n) is 9.58. The maximum atomic E-state index is 12.6. The second-order valence-electron chi connectivity index (χ2n) is 7.00. The van der Waals surface area contributed by atoms with Crippen molar-refractivity contribution in [3.05, 3.63) is 23.6 Å². The molecule has 1 aromatic carbocycles. The van der Waals surface area contributed by atoms with Crippen LogP contribution in [0.4, 0.5) is 5.13 Å². The van der Waals surface area contributed by atoms with Gasteiger partial charge in [0.2, 0.25) is 18.6 Å². The number of likely N-dealkylation sites (tertiary alicyclic amines) is 1. The van der Waals surface area contributed by atoms with Gasteiger partial charge in [-0.1, -0.05) is 6.92 Å². The summed E-state index contributed by atoms with van der Waals surface area (Å²) < 4.78 is 10.7. The summed E-state index contributed by atoms with van der Waals surface area (Å²) in [5.74, 6) is 1.53. The Morgan fingerprint density at radius 2 is 2.04 bits per heavy atom. The van der Waals surface area contributed by atoms with Gasteiger partial charge in [-0.15, -0.1) is 11.3 Å². The normalized spacial score (nSPS) is 16.2. The van der Waals surface area contributed by atoms with Crippen molar-refractivity contribution in [1.29, 1.82) is 0 Å². The number of hydrogen-bond donors (Lipinski definition) is 1. The van der Waals surface area contributed by atoms with Crippen LogP contribution < -0.4 is 14.8 Å². The van der Waals surface area contributed by atoms with Gasteiger partial charge in [0.15, 0.2) is 16.6 Å². The predicted octanol–water partition coefficient (Wildman–Crippen LogP) is 3.52. The fourth-order valence-electron chi connectivity index (χ4n) is 3.49. The van der Waals surface area contributed by atoms with Crippen LogP contribution in [0.25, 0.3) is 11.3 Å². The van der Waals surface area contributed by atoms with E-state index in [0.29, 0.717) is 43.2 Å². The van der Waals surface area contributed by atoms with Crippen LogP contribution in [0.5, 0.6) is 11.5 Å². The van der Waals surface area contributed by atoms with Crippen LogP contribution in [0.2, 0.25) is 0 Å². The average Bonchev–Trinajstić information content (AvgIpc) is 3.37. The minimum atomic E-state index is -0.0800. The Hall–Kier alpha value is -2.61. The van der Waals surface area contributed by atoms with Gasteiger partial charge in [0.05, 0.1) is 5.69 Å². The van der Waals surface area contributed by atoms with Crippen molar-refractivity contribution in [3.8, 4) is 22.8 Å². The molecule has 0 atom stereocenters. The summed E-state index contributed by atoms with van der Waals surface area (Å²) in [5, 5.41) is 5.43. The molecular weight excluding hydrogens is 378 g/mol. The lowest BCUT2D eigenvalue weighted by atomic mass is 9.96. The molecule has 1 N–H and O–H groups in total. The smallest absolute Gasteiger partial charge is 0.231 e. The molecule has 3 heterocycles. The summed E-state index contributed by atoms with van der Waals surface area (Å²) in [4.78, 5) is 31.0. The topological polar surface area (TPSA) is 80.8 Å². The van der Waals surface area contributed by atoms with Crippen molar-refractivity contribution in [1.82, 2.24) is 9.88 Å². The maximum Gasteiger partial charge on any atom is 0.231 e. The number of carbonyl (C=O) groups is 2. The minimum absolute atomic E-state index is 0.0193. The molecule has 148 valence electrons. The zero-order valence-electron chi connectivity index (χ0n) is 15.8. The number of nitrogens with one attached hydrogen (secondary N) is 1. The standard InChI is InChI=1S/C20H23N3O4S/c1-2-3-18(24)23-8-6-13(7-9-23)19(25)22-20-21-15(11-28-20)14-4-5-16-17(10-14)27-12-26-16/h4-5,10-11,13H,2-3,6-9,12H2,1H3,(H,21,22,25). The van der Waals surface area contributed by atoms with Crippen LogP contribution in [0.15, 0.2) is 23.6 Å². The molecule has 7 nitrogen and oxygen atoms in total. The van der Waals surface area contributed by atoms with Gasteiger partial charge in [0.25, 0.3) is 0 Å². The second-order valence-corrected chi connectivity index (χ2v) is 7.86. The van der Waals surface area contributed by atoms with Gasteiger partial charge in [-0.3, -0.25) is 9.59 Å². The summed E-state index contributed by atoms with van der Waals surface area (Å²) in [6, 6.07) is 5.69. The van der Waals surface area contributed by atoms with E-state index in [1.54, 1.807) is 0 Å². The van der Waals surface area contributed by atoms with Crippen molar-refractivity contribution in [2.45, 2.75) is 32.6 Å². The Labute approximate surface area is 167 Å². The summed E-state index contributed by atoms with van der Waals surface area (Å²) in [7, 11) is 0. The molecule has 0 bridgehead atoms. The molecule has 2 aliphatic rings. The van der Waals surface area contributed by atoms with Gasteiger partial charge in [-0.2, -0.15) is 0 Å². The highest BCUT2D eigenvalue weighted by atomic mass is 32.1. The number of carbonyl (C=O) groups excluding carboxylic acids is 2. The lowest BCUT2D eigenvalue weighted by molar-refractivity contribution is -0.134. The number of aromatic nitrogens is 1. The number of piperidine rings is 1. The highest BCUT2D eigenvalue weighted by Crippen LogP contribution is 2.36. The fraction of sp³-hybridized carbons (Fsp3) is 0.450. The Balaban J connectivity index is 1.34. The van der Waals surface area contributed by atoms with Crippen LogP contribution in [-0.4, -0.2) is 41.6 Å². The number of fused-ring (bicyclic) bond motifs is 1. The molecule has 0 radical (unpaired) electrons. The van der Waals surface area contributed by atoms with Crippen LogP contribution >= 0.6 is 11.3 Å². The minimum Gasteiger partial charge on any atom is -0.454 e. The van der Waals surface area contributed by atoms with E-state index in [1.165, 1.54) is 11.3 Å². The van der Waals surface area contributed by atoms with E-state index in [9.17, 15) is 9.59 Å². The van der Waals surface area contributed by atoms with Gasteiger partial charge < -0.3 is 19.7 Å². The second kappa shape index (κ2) is 8.18. The highest BCUT2D eigenvalue weighted by molar-refractivity contribution is 7.14. The SMILES string of the molecule is CCCC(=O)N1CCC(C(=O)Nc2nc(-c3ccc4c(c3)OCO4)cs2)CC1. The zero-order valence-corrected chi connectivity index (χ0v) is 16.6. The van der Waals surface area contributed by atoms with Gasteiger partial charge in [0, 0.05) is 36.4 Å². The summed E-state index contributed by atoms with van der Waals surface area (Å²) in [5.41, 5.74) is 1.71. The Kier molecular flexibility index (Phi) is 5.47. The summed E-state index contributed by atoms with van der Waals surface area (Å²) in [6.45, 7) is 3.54. The quantitative estimate of drug-likeness (QED) is 0.829. The van der Waals surface area contributed by atoms with Crippen molar-refractivity contribution in [2.24, 2.45) is 5.92 Å². The number of hydrogen-bond acceptors (Lipinski definition) is 6. The first kappa shape index (κ1) is 18.7. The predicted molar refractivity (Wildman–Crippen MR) is 107 cm³/mol. The molecule has 1 fully saturated rings. The number of amides is 2. The molecule has 0 unspecified atom stereocenters. The van der Waals surface area contributed by atoms with E-state index in [0.717, 1.165) is 23.4 Å². The number of anilines is 1. The van der Waals surface area contributed by atoms with Gasteiger partial charge in [-0.05, 0) is 37.5 Å². The van der Waals surface area contributed by atoms with E-state index < -0.39 is 0 Å². The molecule has 2 amide bonds. The molecular formula is C20H23N3O4S. The Morgan fingerprint density at radius 3 is 2.82 bits per heavy atom. The molecule has 0 aliphatic carbocycles. The molecule has 8 heteroatoms. The van der Waals surface area contributed by atoms with Crippen molar-refractivity contribution in [3.63, 3.8) is 0 Å². The number of ether oxygens (including phenoxy) is 2. The van der Waals surface area contributed by atoms with E-state index in [-0.39, 0.29) is 24.5 Å². The number of nitrogens with zero attached hydrogens (tertiary/aromatic N) is 2. The van der Waals surface area contributed by atoms with Gasteiger partial charge >= 0.3 is 0 Å². The maximum absolute atomic E-state index is 12.6. The average molecular weight is 401 g/mol. The Morgan fingerprint density at radius 1 is 1.25 bits per heavy atom. The molecule has 4 rings (SSSR count). The molecule has 0 spiro atoms. The van der Waals surface area contributed by atoms with Crippen LogP contribution in [0.1, 0.15) is 32.6 Å². The molecule has 0 saturated carbocycles. The van der Waals surface area contributed by atoms with E-state index in [1.807, 2.05) is 35.4 Å². The number of rotatable bonds is 5. The lowest BCUT2D eigenvalue weighted by Crippen LogP contribution is -2.41. The zero-order chi connectivity index (χ0) is 19.5. The van der Waals surface area contributed by atoms with Gasteiger partial charge in [-0.25, -0.2) is 4.98 Å². The third-order valence-electron chi connectivity index (χ3n) is 5.08. The van der Waals surface area contributed by atoms with E-state index in [4.69, 9.17) is 9.47 Å². The molecule has 1 saturated heterocycles. The van der Waals surface area contributed by atoms with Crippen molar-refractivity contribution >= 4 is 28.3 Å². The van der Waals surface area contributed by atoms with Crippen LogP contribution in [0.3, 0.4) is 0 Å². The third-order valence-corrected chi connectivity index (χ3v) is 5.84. The fourth-order valence-corrected chi connectivity index (χ4v) is 4.21. The Bertz CT molecular complexity index is 874. The van der Waals surface area contributed by atoms with Crippen LogP contribution in [0, 0.1) is 5.92 Å². The van der Waals surface area contributed by atoms with Crippen molar-refractivity contribution < 1.29 is 19.1 Å². The molecule has 2 aromatic rings. The molecule has 28 heavy (non-hydrogen) atoms. The van der Waals surface area contributed by atoms with E-state index >= 15 is 0 Å². The first-order valence-corrected chi connectivity index (χ1v) is 10.5. The number of benzene rings is 1. The number of thiazole rings is 1. The monoisotopic (exact) mass is 401 g/mol. The third kappa shape index (κ3) is 3.96. The van der Waals surface area contributed by atoms with E-state index in [2.05, 4.69) is 10.3 Å². The largest absolute Gasteiger partial charge is 0.454 e. The highest BCUT2D eigenvalue weighted by Gasteiger charge is 2.27. The van der Waals surface area contributed by atoms with Crippen LogP contribution in [-0.2, 0) is 9.59 Å². The van der Waals surface area contributed by atoms with Crippen molar-refractivity contribution in [2.75, 3.05) is 25.2 Å². The summed E-state index contributed by atoms with van der Waals surface area (Å²) in [6.07, 6.45) is 2.83. The molecule has 2 aliphatic heterocycles. The first-order chi connectivity index (χ1) is 13.6. The summed E-state index contributed by atoms with van der Waals surface area (Å²) >= 11 is 1.40. The lowest BCUT2D eigenvalue weighted by Gasteiger charge is -2.31.